The van der Waals surface area contributed by atoms with Gasteiger partial charge in [-0.2, -0.15) is 0 Å². The number of aryl methyl sites for hydroxylation is 1. The van der Waals surface area contributed by atoms with Gasteiger partial charge in [0.05, 0.1) is 13.2 Å². The van der Waals surface area contributed by atoms with Crippen molar-refractivity contribution in [2.75, 3.05) is 44.1 Å². The van der Waals surface area contributed by atoms with Gasteiger partial charge in [0.1, 0.15) is 23.5 Å². The lowest BCUT2D eigenvalue weighted by Crippen LogP contribution is -2.53. The molecule has 1 unspecified atom stereocenters. The highest BCUT2D eigenvalue weighted by molar-refractivity contribution is 5.85. The lowest BCUT2D eigenvalue weighted by atomic mass is 10.2. The van der Waals surface area contributed by atoms with Crippen LogP contribution in [-0.2, 0) is 16.0 Å². The Morgan fingerprint density at radius 3 is 2.95 bits per heavy atom. The Morgan fingerprint density at radius 2 is 2.29 bits per heavy atom. The average Bonchev–Trinajstić information content (AvgIpc) is 2.54. The number of hydrogen-bond donors (Lipinski definition) is 2. The van der Waals surface area contributed by atoms with Crippen molar-refractivity contribution in [3.63, 3.8) is 0 Å². The van der Waals surface area contributed by atoms with Crippen LogP contribution in [0.1, 0.15) is 19.2 Å². The number of anilines is 2. The molecule has 7 heteroatoms. The first-order valence-corrected chi connectivity index (χ1v) is 7.31. The maximum absolute atomic E-state index is 12.0. The Kier molecular flexibility index (Phi) is 5.32. The highest BCUT2D eigenvalue weighted by Gasteiger charge is 2.30. The summed E-state index contributed by atoms with van der Waals surface area (Å²) in [6.07, 6.45) is 1.80. The molecule has 1 atom stereocenters. The molecule has 0 spiro atoms. The number of ether oxygens (including phenoxy) is 1. The highest BCUT2D eigenvalue weighted by atomic mass is 16.5. The Bertz CT molecular complexity index is 494. The van der Waals surface area contributed by atoms with E-state index in [9.17, 15) is 4.79 Å². The maximum atomic E-state index is 12.0. The molecule has 0 bridgehead atoms. The predicted molar refractivity (Wildman–Crippen MR) is 81.6 cm³/mol. The van der Waals surface area contributed by atoms with Gasteiger partial charge in [-0.25, -0.2) is 9.97 Å². The van der Waals surface area contributed by atoms with Crippen LogP contribution in [0.5, 0.6) is 0 Å². The standard InChI is InChI=1S/C14H23N5O2/c1-4-5-11-17-12(15-2)8-13(18-11)19-6-7-21-9-10(19)14(20)16-3/h8,10H,4-7,9H2,1-3H3,(H,16,20)(H,15,17,18). The van der Waals surface area contributed by atoms with Crippen LogP contribution in [0.15, 0.2) is 6.07 Å². The first-order chi connectivity index (χ1) is 10.2. The zero-order valence-electron chi connectivity index (χ0n) is 12.8. The molecule has 1 aliphatic heterocycles. The van der Waals surface area contributed by atoms with Crippen molar-refractivity contribution >= 4 is 17.5 Å². The second-order valence-electron chi connectivity index (χ2n) is 4.93. The fraction of sp³-hybridized carbons (Fsp3) is 0.643. The fourth-order valence-corrected chi connectivity index (χ4v) is 2.36. The quantitative estimate of drug-likeness (QED) is 0.819. The number of carbonyl (C=O) groups is 1. The van der Waals surface area contributed by atoms with Crippen LogP contribution < -0.4 is 15.5 Å². The Hall–Kier alpha value is -1.89. The van der Waals surface area contributed by atoms with E-state index in [1.54, 1.807) is 7.05 Å². The van der Waals surface area contributed by atoms with Gasteiger partial charge in [0.15, 0.2) is 0 Å². The lowest BCUT2D eigenvalue weighted by Gasteiger charge is -2.35. The number of aromatic nitrogens is 2. The Balaban J connectivity index is 2.32. The van der Waals surface area contributed by atoms with Gasteiger partial charge in [-0.05, 0) is 6.42 Å². The summed E-state index contributed by atoms with van der Waals surface area (Å²) in [4.78, 5) is 23.1. The molecule has 1 aromatic rings. The summed E-state index contributed by atoms with van der Waals surface area (Å²) >= 11 is 0. The number of hydrogen-bond acceptors (Lipinski definition) is 6. The van der Waals surface area contributed by atoms with E-state index in [2.05, 4.69) is 27.5 Å². The van der Waals surface area contributed by atoms with E-state index in [4.69, 9.17) is 4.74 Å². The van der Waals surface area contributed by atoms with Crippen LogP contribution in [0, 0.1) is 0 Å². The van der Waals surface area contributed by atoms with Gasteiger partial charge < -0.3 is 20.3 Å². The molecule has 2 heterocycles. The molecule has 1 saturated heterocycles. The van der Waals surface area contributed by atoms with Gasteiger partial charge in [0.25, 0.3) is 0 Å². The molecule has 1 aliphatic rings. The van der Waals surface area contributed by atoms with E-state index < -0.39 is 0 Å². The molecule has 2 rings (SSSR count). The maximum Gasteiger partial charge on any atom is 0.244 e. The normalized spacial score (nSPS) is 18.4. The lowest BCUT2D eigenvalue weighted by molar-refractivity contribution is -0.124. The van der Waals surface area contributed by atoms with E-state index in [1.807, 2.05) is 18.0 Å². The fourth-order valence-electron chi connectivity index (χ4n) is 2.36. The summed E-state index contributed by atoms with van der Waals surface area (Å²) < 4.78 is 5.43. The number of amides is 1. The molecule has 1 aromatic heterocycles. The van der Waals surface area contributed by atoms with E-state index in [0.29, 0.717) is 19.8 Å². The number of carbonyl (C=O) groups excluding carboxylic acids is 1. The number of morpholine rings is 1. The molecule has 21 heavy (non-hydrogen) atoms. The monoisotopic (exact) mass is 293 g/mol. The second kappa shape index (κ2) is 7.21. The number of nitrogens with zero attached hydrogens (tertiary/aromatic N) is 3. The van der Waals surface area contributed by atoms with Crippen molar-refractivity contribution in [3.8, 4) is 0 Å². The molecule has 1 fully saturated rings. The van der Waals surface area contributed by atoms with E-state index in [-0.39, 0.29) is 11.9 Å². The molecule has 7 nitrogen and oxygen atoms in total. The minimum absolute atomic E-state index is 0.0589. The molecule has 0 aromatic carbocycles. The SMILES string of the molecule is CCCc1nc(NC)cc(N2CCOCC2C(=O)NC)n1. The number of nitrogens with one attached hydrogen (secondary N) is 2. The summed E-state index contributed by atoms with van der Waals surface area (Å²) in [7, 11) is 3.47. The van der Waals surface area contributed by atoms with Gasteiger partial charge in [-0.3, -0.25) is 4.79 Å². The smallest absolute Gasteiger partial charge is 0.244 e. The minimum atomic E-state index is -0.349. The largest absolute Gasteiger partial charge is 0.377 e. The molecule has 116 valence electrons. The van der Waals surface area contributed by atoms with Crippen molar-refractivity contribution in [3.05, 3.63) is 11.9 Å². The Morgan fingerprint density at radius 1 is 1.48 bits per heavy atom. The molecule has 2 N–H and O–H groups in total. The topological polar surface area (TPSA) is 79.4 Å². The molecule has 1 amide bonds. The van der Waals surface area contributed by atoms with Crippen LogP contribution in [0.4, 0.5) is 11.6 Å². The number of rotatable bonds is 5. The van der Waals surface area contributed by atoms with Crippen molar-refractivity contribution in [1.29, 1.82) is 0 Å². The molecular formula is C14H23N5O2. The van der Waals surface area contributed by atoms with Gasteiger partial charge in [-0.15, -0.1) is 0 Å². The molecule has 0 saturated carbocycles. The zero-order valence-corrected chi connectivity index (χ0v) is 12.8. The zero-order chi connectivity index (χ0) is 15.2. The van der Waals surface area contributed by atoms with Crippen molar-refractivity contribution in [1.82, 2.24) is 15.3 Å². The van der Waals surface area contributed by atoms with Crippen LogP contribution in [0.25, 0.3) is 0 Å². The van der Waals surface area contributed by atoms with Crippen LogP contribution in [0.2, 0.25) is 0 Å². The first kappa shape index (κ1) is 15.5. The van der Waals surface area contributed by atoms with Crippen molar-refractivity contribution in [2.24, 2.45) is 0 Å². The van der Waals surface area contributed by atoms with Gasteiger partial charge >= 0.3 is 0 Å². The molecule has 0 aliphatic carbocycles. The summed E-state index contributed by atoms with van der Waals surface area (Å²) in [6.45, 7) is 3.71. The summed E-state index contributed by atoms with van der Waals surface area (Å²) in [5.74, 6) is 2.28. The third-order valence-electron chi connectivity index (χ3n) is 3.46. The highest BCUT2D eigenvalue weighted by Crippen LogP contribution is 2.21. The van der Waals surface area contributed by atoms with E-state index in [1.165, 1.54) is 0 Å². The van der Waals surface area contributed by atoms with Gasteiger partial charge in [-0.1, -0.05) is 6.92 Å². The second-order valence-corrected chi connectivity index (χ2v) is 4.93. The molecular weight excluding hydrogens is 270 g/mol. The van der Waals surface area contributed by atoms with Gasteiger partial charge in [0, 0.05) is 33.1 Å². The predicted octanol–water partition coefficient (Wildman–Crippen LogP) is 0.422. The summed E-state index contributed by atoms with van der Waals surface area (Å²) in [5.41, 5.74) is 0. The summed E-state index contributed by atoms with van der Waals surface area (Å²) in [5, 5.41) is 5.74. The van der Waals surface area contributed by atoms with Crippen LogP contribution in [-0.4, -0.2) is 55.8 Å². The van der Waals surface area contributed by atoms with Gasteiger partial charge in [0.2, 0.25) is 5.91 Å². The third kappa shape index (κ3) is 3.60. The van der Waals surface area contributed by atoms with Crippen molar-refractivity contribution < 1.29 is 9.53 Å². The van der Waals surface area contributed by atoms with E-state index in [0.717, 1.165) is 30.3 Å². The summed E-state index contributed by atoms with van der Waals surface area (Å²) in [6, 6.07) is 1.53. The first-order valence-electron chi connectivity index (χ1n) is 7.31. The van der Waals surface area contributed by atoms with Crippen LogP contribution >= 0.6 is 0 Å². The minimum Gasteiger partial charge on any atom is -0.377 e. The third-order valence-corrected chi connectivity index (χ3v) is 3.46. The van der Waals surface area contributed by atoms with Crippen molar-refractivity contribution in [2.45, 2.75) is 25.8 Å². The molecule has 0 radical (unpaired) electrons. The van der Waals surface area contributed by atoms with Crippen LogP contribution in [0.3, 0.4) is 0 Å². The average molecular weight is 293 g/mol. The number of likely N-dealkylation sites (N-methyl/N-ethyl adjacent to an activating group) is 1. The van der Waals surface area contributed by atoms with E-state index >= 15 is 0 Å². The Labute approximate surface area is 125 Å².